The van der Waals surface area contributed by atoms with E-state index >= 15 is 0 Å². The molecule has 7 heteroatoms. The van der Waals surface area contributed by atoms with Crippen molar-refractivity contribution >= 4 is 39.1 Å². The van der Waals surface area contributed by atoms with Crippen LogP contribution >= 0.6 is 23.1 Å². The Balaban J connectivity index is 2.33. The molecular weight excluding hydrogens is 380 g/mol. The lowest BCUT2D eigenvalue weighted by molar-refractivity contribution is -0.116. The first-order chi connectivity index (χ1) is 12.9. The first-order valence-corrected chi connectivity index (χ1v) is 10.4. The molecular formula is C20H22N2O3S2. The summed E-state index contributed by atoms with van der Waals surface area (Å²) in [6.07, 6.45) is 0.859. The highest BCUT2D eigenvalue weighted by Crippen LogP contribution is 2.32. The quantitative estimate of drug-likeness (QED) is 0.452. The maximum absolute atomic E-state index is 13.4. The summed E-state index contributed by atoms with van der Waals surface area (Å²) in [4.78, 5) is 31.9. The standard InChI is InChI=1S/C20H22N2O3S2/c1-6-16-11(2)17-18(27-16)21-20(26-13(4)12(3)23)22(19(17)24)14-8-7-9-15(10-14)25-5/h7-10,13H,6H2,1-5H3. The van der Waals surface area contributed by atoms with Crippen molar-refractivity contribution in [3.8, 4) is 11.4 Å². The molecule has 0 amide bonds. The highest BCUT2D eigenvalue weighted by molar-refractivity contribution is 8.00. The van der Waals surface area contributed by atoms with Gasteiger partial charge < -0.3 is 4.74 Å². The maximum atomic E-state index is 13.4. The Bertz CT molecular complexity index is 1070. The Kier molecular flexibility index (Phi) is 5.72. The molecule has 27 heavy (non-hydrogen) atoms. The number of ketones is 1. The number of methoxy groups -OCH3 is 1. The number of Topliss-reactive ketones (excluding diaryl/α,β-unsaturated/α-hetero) is 1. The number of ether oxygens (including phenoxy) is 1. The Morgan fingerprint density at radius 1 is 1.41 bits per heavy atom. The zero-order valence-electron chi connectivity index (χ0n) is 16.0. The molecule has 1 atom stereocenters. The van der Waals surface area contributed by atoms with Crippen molar-refractivity contribution in [3.05, 3.63) is 45.1 Å². The van der Waals surface area contributed by atoms with Gasteiger partial charge in [0.1, 0.15) is 16.4 Å². The summed E-state index contributed by atoms with van der Waals surface area (Å²) in [7, 11) is 1.59. The summed E-state index contributed by atoms with van der Waals surface area (Å²) in [5.74, 6) is 0.703. The second kappa shape index (κ2) is 7.86. The summed E-state index contributed by atoms with van der Waals surface area (Å²) >= 11 is 2.86. The highest BCUT2D eigenvalue weighted by Gasteiger charge is 2.21. The average molecular weight is 403 g/mol. The molecule has 0 aliphatic carbocycles. The first kappa shape index (κ1) is 19.6. The van der Waals surface area contributed by atoms with Crippen LogP contribution in [0, 0.1) is 6.92 Å². The van der Waals surface area contributed by atoms with Crippen molar-refractivity contribution in [1.29, 1.82) is 0 Å². The minimum absolute atomic E-state index is 0.0446. The molecule has 0 bridgehead atoms. The average Bonchev–Trinajstić information content (AvgIpc) is 2.97. The van der Waals surface area contributed by atoms with Gasteiger partial charge in [-0.1, -0.05) is 24.8 Å². The molecule has 0 N–H and O–H groups in total. The molecule has 3 rings (SSSR count). The van der Waals surface area contributed by atoms with Gasteiger partial charge in [-0.05, 0) is 44.9 Å². The fourth-order valence-electron chi connectivity index (χ4n) is 2.84. The predicted molar refractivity (Wildman–Crippen MR) is 112 cm³/mol. The van der Waals surface area contributed by atoms with Crippen molar-refractivity contribution in [2.45, 2.75) is 44.5 Å². The summed E-state index contributed by atoms with van der Waals surface area (Å²) in [6.45, 7) is 7.43. The van der Waals surface area contributed by atoms with Gasteiger partial charge in [-0.2, -0.15) is 0 Å². The van der Waals surface area contributed by atoms with Gasteiger partial charge in [0.2, 0.25) is 0 Å². The van der Waals surface area contributed by atoms with Crippen LogP contribution in [-0.2, 0) is 11.2 Å². The van der Waals surface area contributed by atoms with Crippen LogP contribution in [0.15, 0.2) is 34.2 Å². The van der Waals surface area contributed by atoms with E-state index in [0.717, 1.165) is 21.7 Å². The van der Waals surface area contributed by atoms with Gasteiger partial charge in [-0.25, -0.2) is 4.98 Å². The van der Waals surface area contributed by atoms with E-state index in [0.29, 0.717) is 22.0 Å². The third kappa shape index (κ3) is 3.66. The number of thiophene rings is 1. The molecule has 0 radical (unpaired) electrons. The molecule has 3 aromatic rings. The Morgan fingerprint density at radius 3 is 2.78 bits per heavy atom. The number of nitrogens with zero attached hydrogens (tertiary/aromatic N) is 2. The number of hydrogen-bond acceptors (Lipinski definition) is 6. The SMILES string of the molecule is CCc1sc2nc(SC(C)C(C)=O)n(-c3cccc(OC)c3)c(=O)c2c1C. The molecule has 1 unspecified atom stereocenters. The van der Waals surface area contributed by atoms with Crippen LogP contribution < -0.4 is 10.3 Å². The zero-order chi connectivity index (χ0) is 19.7. The lowest BCUT2D eigenvalue weighted by Gasteiger charge is -2.15. The van der Waals surface area contributed by atoms with E-state index in [-0.39, 0.29) is 16.6 Å². The summed E-state index contributed by atoms with van der Waals surface area (Å²) in [6, 6.07) is 7.32. The van der Waals surface area contributed by atoms with Gasteiger partial charge in [0.05, 0.1) is 23.4 Å². The number of benzene rings is 1. The smallest absolute Gasteiger partial charge is 0.267 e. The second-order valence-electron chi connectivity index (χ2n) is 6.29. The molecule has 2 heterocycles. The van der Waals surface area contributed by atoms with Crippen molar-refractivity contribution in [2.24, 2.45) is 0 Å². The van der Waals surface area contributed by atoms with E-state index in [4.69, 9.17) is 9.72 Å². The van der Waals surface area contributed by atoms with Crippen LogP contribution in [0.2, 0.25) is 0 Å². The Hall–Kier alpha value is -2.12. The Morgan fingerprint density at radius 2 is 2.15 bits per heavy atom. The molecule has 0 fully saturated rings. The summed E-state index contributed by atoms with van der Waals surface area (Å²) in [5, 5.41) is 0.879. The van der Waals surface area contributed by atoms with E-state index in [1.807, 2.05) is 32.0 Å². The van der Waals surface area contributed by atoms with Gasteiger partial charge in [-0.3, -0.25) is 14.2 Å². The number of aryl methyl sites for hydroxylation is 2. The minimum atomic E-state index is -0.294. The topological polar surface area (TPSA) is 61.2 Å². The van der Waals surface area contributed by atoms with E-state index in [1.165, 1.54) is 11.8 Å². The van der Waals surface area contributed by atoms with Crippen LogP contribution in [-0.4, -0.2) is 27.7 Å². The summed E-state index contributed by atoms with van der Waals surface area (Å²) < 4.78 is 6.90. The molecule has 142 valence electrons. The van der Waals surface area contributed by atoms with Crippen LogP contribution in [0.1, 0.15) is 31.2 Å². The van der Waals surface area contributed by atoms with Gasteiger partial charge in [-0.15, -0.1) is 11.3 Å². The number of thioether (sulfide) groups is 1. The predicted octanol–water partition coefficient (Wildman–Crippen LogP) is 4.40. The molecule has 2 aromatic heterocycles. The number of hydrogen-bond donors (Lipinski definition) is 0. The monoisotopic (exact) mass is 402 g/mol. The lowest BCUT2D eigenvalue weighted by Crippen LogP contribution is -2.23. The van der Waals surface area contributed by atoms with Crippen LogP contribution in [0.25, 0.3) is 15.9 Å². The van der Waals surface area contributed by atoms with E-state index in [9.17, 15) is 9.59 Å². The normalized spacial score (nSPS) is 12.3. The molecule has 0 saturated heterocycles. The van der Waals surface area contributed by atoms with Crippen molar-refractivity contribution in [3.63, 3.8) is 0 Å². The molecule has 0 aliphatic heterocycles. The fraction of sp³-hybridized carbons (Fsp3) is 0.350. The van der Waals surface area contributed by atoms with Crippen LogP contribution in [0.3, 0.4) is 0 Å². The minimum Gasteiger partial charge on any atom is -0.497 e. The lowest BCUT2D eigenvalue weighted by atomic mass is 10.2. The number of rotatable bonds is 6. The van der Waals surface area contributed by atoms with Gasteiger partial charge in [0.15, 0.2) is 5.16 Å². The van der Waals surface area contributed by atoms with Crippen LogP contribution in [0.5, 0.6) is 5.75 Å². The number of fused-ring (bicyclic) bond motifs is 1. The van der Waals surface area contributed by atoms with Crippen LogP contribution in [0.4, 0.5) is 0 Å². The van der Waals surface area contributed by atoms with E-state index < -0.39 is 0 Å². The van der Waals surface area contributed by atoms with Crippen molar-refractivity contribution in [1.82, 2.24) is 9.55 Å². The van der Waals surface area contributed by atoms with Crippen molar-refractivity contribution < 1.29 is 9.53 Å². The molecule has 0 saturated carbocycles. The van der Waals surface area contributed by atoms with Gasteiger partial charge in [0.25, 0.3) is 5.56 Å². The highest BCUT2D eigenvalue weighted by atomic mass is 32.2. The zero-order valence-corrected chi connectivity index (χ0v) is 17.7. The Labute approximate surface area is 166 Å². The van der Waals surface area contributed by atoms with E-state index in [2.05, 4.69) is 6.92 Å². The van der Waals surface area contributed by atoms with E-state index in [1.54, 1.807) is 36.0 Å². The summed E-state index contributed by atoms with van der Waals surface area (Å²) in [5.41, 5.74) is 1.55. The largest absolute Gasteiger partial charge is 0.497 e. The van der Waals surface area contributed by atoms with Crippen molar-refractivity contribution in [2.75, 3.05) is 7.11 Å². The third-order valence-electron chi connectivity index (χ3n) is 4.52. The third-order valence-corrected chi connectivity index (χ3v) is 7.02. The number of aromatic nitrogens is 2. The van der Waals surface area contributed by atoms with Gasteiger partial charge in [0, 0.05) is 10.9 Å². The number of carbonyl (C=O) groups excluding carboxylic acids is 1. The first-order valence-electron chi connectivity index (χ1n) is 8.73. The molecule has 0 spiro atoms. The second-order valence-corrected chi connectivity index (χ2v) is 8.68. The fourth-order valence-corrected chi connectivity index (χ4v) is 4.93. The molecule has 5 nitrogen and oxygen atoms in total. The molecule has 1 aromatic carbocycles. The maximum Gasteiger partial charge on any atom is 0.267 e. The number of carbonyl (C=O) groups is 1. The molecule has 0 aliphatic rings. The van der Waals surface area contributed by atoms with Gasteiger partial charge >= 0.3 is 0 Å².